The predicted octanol–water partition coefficient (Wildman–Crippen LogP) is 3.93. The Balaban J connectivity index is 1.76. The largest absolute Gasteiger partial charge is 0.511 e. The zero-order valence-corrected chi connectivity index (χ0v) is 18.0. The van der Waals surface area contributed by atoms with Crippen LogP contribution in [0.4, 0.5) is 15.8 Å². The molecular formula is C22H23FN4O3S. The van der Waals surface area contributed by atoms with Gasteiger partial charge in [0.1, 0.15) is 17.1 Å². The summed E-state index contributed by atoms with van der Waals surface area (Å²) in [5.74, 6) is -0.974. The van der Waals surface area contributed by atoms with Gasteiger partial charge in [0.15, 0.2) is 5.84 Å². The topological polar surface area (TPSA) is 108 Å². The molecule has 2 aromatic carbocycles. The highest BCUT2D eigenvalue weighted by atomic mass is 32.2. The molecule has 2 aliphatic heterocycles. The lowest BCUT2D eigenvalue weighted by Crippen LogP contribution is -2.45. The van der Waals surface area contributed by atoms with Crippen LogP contribution in [0.5, 0.6) is 0 Å². The number of fused-ring (bicyclic) bond motifs is 1. The first-order valence-corrected chi connectivity index (χ1v) is 11.8. The number of nitrogens with two attached hydrogens (primary N) is 1. The number of nitrogen functional groups attached to an aromatic ring is 1. The number of hydrogen-bond donors (Lipinski definition) is 2. The fraction of sp³-hybridized carbons (Fsp3) is 0.273. The van der Waals surface area contributed by atoms with E-state index in [-0.39, 0.29) is 42.0 Å². The molecule has 9 heteroatoms. The van der Waals surface area contributed by atoms with Crippen molar-refractivity contribution in [3.63, 3.8) is 0 Å². The van der Waals surface area contributed by atoms with Crippen LogP contribution in [0.1, 0.15) is 25.3 Å². The summed E-state index contributed by atoms with van der Waals surface area (Å²) in [5, 5.41) is 10.7. The molecule has 4 rings (SSSR count). The second-order valence-electron chi connectivity index (χ2n) is 7.70. The minimum atomic E-state index is -2.90. The van der Waals surface area contributed by atoms with Crippen molar-refractivity contribution in [1.29, 1.82) is 0 Å². The van der Waals surface area contributed by atoms with E-state index >= 15 is 0 Å². The molecule has 3 N–H and O–H groups in total. The van der Waals surface area contributed by atoms with E-state index in [9.17, 15) is 18.5 Å². The lowest BCUT2D eigenvalue weighted by Gasteiger charge is -2.36. The molecule has 0 fully saturated rings. The van der Waals surface area contributed by atoms with Gasteiger partial charge in [0.05, 0.1) is 20.3 Å². The van der Waals surface area contributed by atoms with Gasteiger partial charge in [0.25, 0.3) is 5.91 Å². The molecule has 162 valence electrons. The van der Waals surface area contributed by atoms with E-state index in [0.717, 1.165) is 5.56 Å². The molecule has 0 saturated carbocycles. The number of carbonyl (C=O) groups is 1. The van der Waals surface area contributed by atoms with E-state index in [1.54, 1.807) is 35.2 Å². The third-order valence-electron chi connectivity index (χ3n) is 5.47. The van der Waals surface area contributed by atoms with Crippen LogP contribution in [-0.4, -0.2) is 38.3 Å². The Hall–Kier alpha value is -3.20. The van der Waals surface area contributed by atoms with Gasteiger partial charge in [-0.2, -0.15) is 4.36 Å². The highest BCUT2D eigenvalue weighted by Crippen LogP contribution is 2.35. The monoisotopic (exact) mass is 442 g/mol. The molecule has 0 saturated heterocycles. The Morgan fingerprint density at radius 2 is 1.97 bits per heavy atom. The lowest BCUT2D eigenvalue weighted by atomic mass is 9.96. The summed E-state index contributed by atoms with van der Waals surface area (Å²) in [6.07, 6.45) is 2.31. The van der Waals surface area contributed by atoms with E-state index in [0.29, 0.717) is 22.7 Å². The number of benzene rings is 2. The highest BCUT2D eigenvalue weighted by molar-refractivity contribution is 7.93. The van der Waals surface area contributed by atoms with Gasteiger partial charge < -0.3 is 15.7 Å². The van der Waals surface area contributed by atoms with Crippen molar-refractivity contribution < 1.29 is 18.5 Å². The van der Waals surface area contributed by atoms with Gasteiger partial charge in [-0.3, -0.25) is 4.79 Å². The maximum absolute atomic E-state index is 13.4. The van der Waals surface area contributed by atoms with Crippen molar-refractivity contribution in [1.82, 2.24) is 4.90 Å². The smallest absolute Gasteiger partial charge is 0.261 e. The first-order chi connectivity index (χ1) is 14.7. The minimum Gasteiger partial charge on any atom is -0.511 e. The molecule has 0 aromatic heterocycles. The zero-order chi connectivity index (χ0) is 22.3. The Morgan fingerprint density at radius 1 is 1.26 bits per heavy atom. The van der Waals surface area contributed by atoms with Gasteiger partial charge >= 0.3 is 0 Å². The molecule has 2 heterocycles. The van der Waals surface area contributed by atoms with Crippen LogP contribution in [-0.2, 0) is 21.1 Å². The van der Waals surface area contributed by atoms with Gasteiger partial charge in [-0.15, -0.1) is 0 Å². The molecule has 0 bridgehead atoms. The number of rotatable bonds is 4. The molecular weight excluding hydrogens is 419 g/mol. The maximum Gasteiger partial charge on any atom is 0.261 e. The predicted molar refractivity (Wildman–Crippen MR) is 118 cm³/mol. The maximum atomic E-state index is 13.4. The van der Waals surface area contributed by atoms with Gasteiger partial charge in [0.2, 0.25) is 0 Å². The number of halogens is 1. The van der Waals surface area contributed by atoms with Crippen LogP contribution < -0.4 is 5.73 Å². The highest BCUT2D eigenvalue weighted by Gasteiger charge is 2.37. The number of amidine groups is 1. The van der Waals surface area contributed by atoms with Gasteiger partial charge in [0, 0.05) is 31.0 Å². The number of anilines is 1. The molecule has 2 atom stereocenters. The van der Waals surface area contributed by atoms with E-state index in [1.807, 2.05) is 6.92 Å². The standard InChI is InChI=1S/C22H23FN4O3S/c1-3-16-11-18(28)20(22(29)27(16)12-13-4-6-14(23)7-5-13)21-25-17-9-8-15(24)10-19(17)31(2,30)26-21/h4-10,16,28H,3,11-12,24H2,1-2H3. The van der Waals surface area contributed by atoms with Crippen molar-refractivity contribution in [2.75, 3.05) is 12.0 Å². The Bertz CT molecular complexity index is 1240. The minimum absolute atomic E-state index is 0.0501. The Labute approximate surface area is 180 Å². The van der Waals surface area contributed by atoms with Gasteiger partial charge in [-0.25, -0.2) is 13.6 Å². The average molecular weight is 443 g/mol. The summed E-state index contributed by atoms with van der Waals surface area (Å²) in [7, 11) is -2.90. The summed E-state index contributed by atoms with van der Waals surface area (Å²) in [6.45, 7) is 2.17. The van der Waals surface area contributed by atoms with Crippen molar-refractivity contribution in [2.24, 2.45) is 9.36 Å². The first kappa shape index (κ1) is 21.0. The van der Waals surface area contributed by atoms with Crippen molar-refractivity contribution in [2.45, 2.75) is 37.2 Å². The van der Waals surface area contributed by atoms with E-state index in [4.69, 9.17) is 5.73 Å². The van der Waals surface area contributed by atoms with Crippen LogP contribution in [0.25, 0.3) is 0 Å². The summed E-state index contributed by atoms with van der Waals surface area (Å²) in [5.41, 5.74) is 7.36. The number of amides is 1. The third kappa shape index (κ3) is 3.93. The van der Waals surface area contributed by atoms with Gasteiger partial charge in [-0.05, 0) is 42.3 Å². The molecule has 0 aliphatic carbocycles. The summed E-state index contributed by atoms with van der Waals surface area (Å²) in [6, 6.07) is 10.5. The van der Waals surface area contributed by atoms with Crippen molar-refractivity contribution >= 4 is 32.8 Å². The van der Waals surface area contributed by atoms with Crippen LogP contribution in [0.3, 0.4) is 0 Å². The number of aliphatic imine (C=N–C) groups is 1. The number of nitrogens with zero attached hydrogens (tertiary/aromatic N) is 3. The number of aliphatic hydroxyl groups is 1. The molecule has 2 aromatic rings. The molecule has 2 aliphatic rings. The van der Waals surface area contributed by atoms with Gasteiger partial charge in [-0.1, -0.05) is 19.1 Å². The summed E-state index contributed by atoms with van der Waals surface area (Å²) < 4.78 is 30.7. The third-order valence-corrected chi connectivity index (χ3v) is 7.14. The summed E-state index contributed by atoms with van der Waals surface area (Å²) in [4.78, 5) is 19.9. The normalized spacial score (nSPS) is 23.3. The van der Waals surface area contributed by atoms with E-state index in [1.165, 1.54) is 18.4 Å². The quantitative estimate of drug-likeness (QED) is 0.699. The van der Waals surface area contributed by atoms with Crippen LogP contribution >= 0.6 is 0 Å². The molecule has 0 spiro atoms. The number of carbonyl (C=O) groups excluding carboxylic acids is 1. The molecule has 31 heavy (non-hydrogen) atoms. The molecule has 1 amide bonds. The zero-order valence-electron chi connectivity index (χ0n) is 17.2. The fourth-order valence-electron chi connectivity index (χ4n) is 3.82. The molecule has 0 radical (unpaired) electrons. The van der Waals surface area contributed by atoms with Crippen molar-refractivity contribution in [3.05, 3.63) is 65.2 Å². The SMILES string of the molecule is CCC1CC(O)=C(C2=Nc3ccc(N)cc3S(C)(=O)=N2)C(=O)N1Cc1ccc(F)cc1. The average Bonchev–Trinajstić information content (AvgIpc) is 2.71. The van der Waals surface area contributed by atoms with Crippen LogP contribution in [0.15, 0.2) is 68.0 Å². The Morgan fingerprint density at radius 3 is 2.65 bits per heavy atom. The van der Waals surface area contributed by atoms with Crippen LogP contribution in [0.2, 0.25) is 0 Å². The summed E-state index contributed by atoms with van der Waals surface area (Å²) >= 11 is 0. The molecule has 2 unspecified atom stereocenters. The lowest BCUT2D eigenvalue weighted by molar-refractivity contribution is -0.131. The second-order valence-corrected chi connectivity index (χ2v) is 9.93. The van der Waals surface area contributed by atoms with Crippen molar-refractivity contribution in [3.8, 4) is 0 Å². The number of aliphatic hydroxyl groups excluding tert-OH is 1. The second kappa shape index (κ2) is 7.81. The Kier molecular flexibility index (Phi) is 5.30. The van der Waals surface area contributed by atoms with Crippen LogP contribution in [0, 0.1) is 5.82 Å². The first-order valence-electron chi connectivity index (χ1n) is 9.88. The van der Waals surface area contributed by atoms with E-state index < -0.39 is 15.6 Å². The fourth-order valence-corrected chi connectivity index (χ4v) is 5.24. The molecule has 7 nitrogen and oxygen atoms in total. The van der Waals surface area contributed by atoms with E-state index in [2.05, 4.69) is 9.36 Å². The number of hydrogen-bond acceptors (Lipinski definition) is 6.